The number of allylic oxidation sites excluding steroid dienone is 4. The van der Waals surface area contributed by atoms with Gasteiger partial charge in [0, 0.05) is 38.1 Å². The van der Waals surface area contributed by atoms with Gasteiger partial charge < -0.3 is 0 Å². The summed E-state index contributed by atoms with van der Waals surface area (Å²) in [6.07, 6.45) is 6.59. The third-order valence-corrected chi connectivity index (χ3v) is 8.39. The van der Waals surface area contributed by atoms with Gasteiger partial charge in [-0.1, -0.05) is 81.0 Å². The average molecular weight is 461 g/mol. The van der Waals surface area contributed by atoms with Crippen molar-refractivity contribution in [1.82, 2.24) is 4.98 Å². The summed E-state index contributed by atoms with van der Waals surface area (Å²) < 4.78 is 0. The molecule has 1 aliphatic heterocycles. The van der Waals surface area contributed by atoms with Crippen LogP contribution in [0.4, 0.5) is 5.69 Å². The number of aliphatic imine (C=N–C) groups is 1. The van der Waals surface area contributed by atoms with E-state index in [0.29, 0.717) is 0 Å². The van der Waals surface area contributed by atoms with Gasteiger partial charge in [0.15, 0.2) is 0 Å². The van der Waals surface area contributed by atoms with Crippen LogP contribution in [0.2, 0.25) is 0 Å². The third-order valence-electron chi connectivity index (χ3n) is 7.11. The number of pyridine rings is 1. The van der Waals surface area contributed by atoms with Gasteiger partial charge in [0.05, 0.1) is 22.4 Å². The first-order chi connectivity index (χ1) is 17.3. The van der Waals surface area contributed by atoms with E-state index in [9.17, 15) is 0 Å². The maximum Gasteiger partial charge on any atom is 0.0975 e. The van der Waals surface area contributed by atoms with Crippen LogP contribution in [0.3, 0.4) is 0 Å². The fourth-order valence-corrected chi connectivity index (χ4v) is 6.48. The second-order valence-electron chi connectivity index (χ2n) is 9.18. The van der Waals surface area contributed by atoms with Crippen LogP contribution in [0.15, 0.2) is 108 Å². The standard InChI is InChI=1S/C32H18N2P/c1-3-10-27-20(6-1)17-22-12-14-26-25-9-5-8-24(31(25)34-32(26)30(22)33-27)19-13-15-29-23(16-19)18-21-7-2-4-11-28(21)35-29/h1-15,17-18,24H. The monoisotopic (exact) mass is 461 g/mol. The van der Waals surface area contributed by atoms with Crippen LogP contribution in [-0.2, 0) is 0 Å². The van der Waals surface area contributed by atoms with E-state index in [1.165, 1.54) is 40.3 Å². The first-order valence-electron chi connectivity index (χ1n) is 11.8. The Balaban J connectivity index is 1.29. The van der Waals surface area contributed by atoms with Crippen molar-refractivity contribution < 1.29 is 0 Å². The molecule has 2 aliphatic rings. The second kappa shape index (κ2) is 7.18. The zero-order valence-corrected chi connectivity index (χ0v) is 19.6. The van der Waals surface area contributed by atoms with Crippen LogP contribution in [0.1, 0.15) is 17.0 Å². The normalized spacial score (nSPS) is 16.7. The van der Waals surface area contributed by atoms with E-state index in [1.807, 2.05) is 6.07 Å². The molecule has 2 nitrogen and oxygen atoms in total. The van der Waals surface area contributed by atoms with Crippen LogP contribution in [0, 0.1) is 6.07 Å². The lowest BCUT2D eigenvalue weighted by molar-refractivity contribution is 1.15. The molecule has 35 heavy (non-hydrogen) atoms. The summed E-state index contributed by atoms with van der Waals surface area (Å²) in [5.41, 5.74) is 7.58. The number of hydrogen-bond acceptors (Lipinski definition) is 2. The van der Waals surface area contributed by atoms with Crippen molar-refractivity contribution in [1.29, 1.82) is 0 Å². The highest BCUT2D eigenvalue weighted by Gasteiger charge is 2.30. The van der Waals surface area contributed by atoms with E-state index in [0.717, 1.165) is 38.8 Å². The van der Waals surface area contributed by atoms with Crippen molar-refractivity contribution in [3.63, 3.8) is 0 Å². The minimum absolute atomic E-state index is 0.0745. The molecular weight excluding hydrogens is 443 g/mol. The fraction of sp³-hybridized carbons (Fsp3) is 0.0312. The Hall–Kier alpha value is -4.13. The first-order valence-corrected chi connectivity index (χ1v) is 12.7. The van der Waals surface area contributed by atoms with Crippen LogP contribution < -0.4 is 0 Å². The molecule has 0 amide bonds. The van der Waals surface area contributed by atoms with Gasteiger partial charge in [0.25, 0.3) is 0 Å². The molecule has 0 saturated heterocycles. The smallest absolute Gasteiger partial charge is 0.0975 e. The SMILES string of the molecule is [c]1c(C2C=CC=C3C2=Nc2c3ccc3cc4ccccc4nc23)ccc2pc3ccccc3cc12. The van der Waals surface area contributed by atoms with Gasteiger partial charge in [-0.2, -0.15) is 0 Å². The molecule has 0 N–H and O–H groups in total. The highest BCUT2D eigenvalue weighted by Crippen LogP contribution is 2.46. The Kier molecular flexibility index (Phi) is 3.94. The number of aromatic nitrogens is 1. The Morgan fingerprint density at radius 1 is 0.771 bits per heavy atom. The van der Waals surface area contributed by atoms with E-state index in [-0.39, 0.29) is 5.92 Å². The molecule has 3 heteroatoms. The van der Waals surface area contributed by atoms with E-state index in [1.54, 1.807) is 0 Å². The zero-order chi connectivity index (χ0) is 22.9. The van der Waals surface area contributed by atoms with Gasteiger partial charge in [-0.05, 0) is 52.7 Å². The first kappa shape index (κ1) is 19.2. The van der Waals surface area contributed by atoms with Gasteiger partial charge in [-0.15, -0.1) is 0 Å². The maximum atomic E-state index is 5.22. The number of rotatable bonds is 1. The lowest BCUT2D eigenvalue weighted by Crippen LogP contribution is -2.12. The summed E-state index contributed by atoms with van der Waals surface area (Å²) in [6.45, 7) is 0. The molecule has 6 aromatic rings. The van der Waals surface area contributed by atoms with E-state index < -0.39 is 0 Å². The summed E-state index contributed by atoms with van der Waals surface area (Å²) in [5, 5.41) is 7.41. The molecule has 4 aromatic carbocycles. The van der Waals surface area contributed by atoms with E-state index >= 15 is 0 Å². The molecule has 1 atom stereocenters. The highest BCUT2D eigenvalue weighted by atomic mass is 31.0. The Labute approximate surface area is 204 Å². The van der Waals surface area contributed by atoms with Crippen molar-refractivity contribution in [2.45, 2.75) is 5.92 Å². The number of benzene rings is 4. The number of nitrogens with zero attached hydrogens (tertiary/aromatic N) is 2. The van der Waals surface area contributed by atoms with Crippen LogP contribution in [-0.4, -0.2) is 10.7 Å². The topological polar surface area (TPSA) is 25.2 Å². The van der Waals surface area contributed by atoms with Crippen molar-refractivity contribution in [2.75, 3.05) is 0 Å². The Morgan fingerprint density at radius 3 is 2.63 bits per heavy atom. The van der Waals surface area contributed by atoms with Gasteiger partial charge in [-0.25, -0.2) is 9.98 Å². The summed E-state index contributed by atoms with van der Waals surface area (Å²) in [4.78, 5) is 10.2. The van der Waals surface area contributed by atoms with E-state index in [4.69, 9.17) is 9.98 Å². The fourth-order valence-electron chi connectivity index (χ4n) is 5.40. The minimum Gasteiger partial charge on any atom is -0.249 e. The lowest BCUT2D eigenvalue weighted by atomic mass is 9.84. The molecule has 0 fully saturated rings. The molecule has 2 aromatic heterocycles. The van der Waals surface area contributed by atoms with Crippen LogP contribution in [0.25, 0.3) is 48.4 Å². The summed E-state index contributed by atoms with van der Waals surface area (Å²) in [5.74, 6) is 0.0745. The van der Waals surface area contributed by atoms with Gasteiger partial charge in [0.2, 0.25) is 0 Å². The van der Waals surface area contributed by atoms with Crippen LogP contribution >= 0.6 is 8.19 Å². The predicted molar refractivity (Wildman–Crippen MR) is 149 cm³/mol. The van der Waals surface area contributed by atoms with E-state index in [2.05, 4.69) is 103 Å². The van der Waals surface area contributed by atoms with Gasteiger partial charge in [-0.3, -0.25) is 0 Å². The predicted octanol–water partition coefficient (Wildman–Crippen LogP) is 8.90. The number of para-hydroxylation sites is 1. The average Bonchev–Trinajstić information content (AvgIpc) is 3.30. The van der Waals surface area contributed by atoms with Crippen molar-refractivity contribution in [2.24, 2.45) is 4.99 Å². The lowest BCUT2D eigenvalue weighted by Gasteiger charge is -2.18. The zero-order valence-electron chi connectivity index (χ0n) is 18.7. The number of hydrogen-bond donors (Lipinski definition) is 0. The molecule has 1 aliphatic carbocycles. The molecule has 0 bridgehead atoms. The molecule has 1 radical (unpaired) electrons. The molecule has 161 valence electrons. The molecule has 3 heterocycles. The maximum absolute atomic E-state index is 5.22. The molecule has 8 rings (SSSR count). The quantitative estimate of drug-likeness (QED) is 0.224. The summed E-state index contributed by atoms with van der Waals surface area (Å²) in [7, 11) is 1.25. The van der Waals surface area contributed by atoms with Crippen LogP contribution in [0.5, 0.6) is 0 Å². The van der Waals surface area contributed by atoms with Crippen molar-refractivity contribution in [3.8, 4) is 0 Å². The highest BCUT2D eigenvalue weighted by molar-refractivity contribution is 7.42. The second-order valence-corrected chi connectivity index (χ2v) is 10.4. The molecule has 0 saturated carbocycles. The Bertz CT molecular complexity index is 1960. The van der Waals surface area contributed by atoms with Crippen molar-refractivity contribution in [3.05, 3.63) is 120 Å². The van der Waals surface area contributed by atoms with Gasteiger partial charge in [0.1, 0.15) is 0 Å². The van der Waals surface area contributed by atoms with Crippen molar-refractivity contribution >= 4 is 68.0 Å². The summed E-state index contributed by atoms with van der Waals surface area (Å²) >= 11 is 0. The summed E-state index contributed by atoms with van der Waals surface area (Å²) in [6, 6.07) is 34.0. The molecule has 0 spiro atoms. The van der Waals surface area contributed by atoms with Gasteiger partial charge >= 0.3 is 0 Å². The molecular formula is C32H18N2P. The third kappa shape index (κ3) is 2.87. The minimum atomic E-state index is 0.0745. The molecule has 1 unspecified atom stereocenters. The largest absolute Gasteiger partial charge is 0.249 e. The number of fused-ring (bicyclic) bond motifs is 8. The Morgan fingerprint density at radius 2 is 1.66 bits per heavy atom.